The average Bonchev–Trinajstić information content (AvgIpc) is 2.54. The fraction of sp³-hybridized carbons (Fsp3) is 0.300. The quantitative estimate of drug-likeness (QED) is 0.841. The summed E-state index contributed by atoms with van der Waals surface area (Å²) in [4.78, 5) is 10.2. The van der Waals surface area contributed by atoms with Gasteiger partial charge in [-0.05, 0) is 25.1 Å². The average molecular weight is 216 g/mol. The highest BCUT2D eigenvalue weighted by molar-refractivity contribution is 5.76. The molecule has 0 aliphatic heterocycles. The molecule has 0 unspecified atom stereocenters. The van der Waals surface area contributed by atoms with Crippen molar-refractivity contribution in [3.05, 3.63) is 29.7 Å². The molecule has 1 rings (SSSR count). The van der Waals surface area contributed by atoms with Crippen LogP contribution in [0.3, 0.4) is 0 Å². The minimum Gasteiger partial charge on any atom is -0.477 e. The Morgan fingerprint density at radius 2 is 2.33 bits per heavy atom. The first-order valence-electron chi connectivity index (χ1n) is 4.24. The Labute approximate surface area is 85.0 Å². The van der Waals surface area contributed by atoms with E-state index in [2.05, 4.69) is 0 Å². The highest BCUT2D eigenvalue weighted by Crippen LogP contribution is 2.24. The van der Waals surface area contributed by atoms with Crippen LogP contribution < -0.4 is 0 Å². The lowest BCUT2D eigenvalue weighted by Crippen LogP contribution is -2.28. The summed E-state index contributed by atoms with van der Waals surface area (Å²) in [6.07, 6.45) is 1.98. The van der Waals surface area contributed by atoms with Gasteiger partial charge in [0.2, 0.25) is 0 Å². The van der Waals surface area contributed by atoms with Crippen LogP contribution in [-0.2, 0) is 4.79 Å². The molecule has 82 valence electrons. The van der Waals surface area contributed by atoms with Gasteiger partial charge in [-0.3, -0.25) is 0 Å². The first-order chi connectivity index (χ1) is 6.92. The third kappa shape index (κ3) is 3.19. The van der Waals surface area contributed by atoms with Gasteiger partial charge in [0.15, 0.2) is 0 Å². The van der Waals surface area contributed by atoms with Gasteiger partial charge in [0.05, 0.1) is 6.26 Å². The number of carbonyl (C=O) groups is 1. The first kappa shape index (κ1) is 11.4. The Kier molecular flexibility index (Phi) is 3.24. The van der Waals surface area contributed by atoms with Crippen LogP contribution in [0, 0.1) is 0 Å². The van der Waals surface area contributed by atoms with Crippen LogP contribution >= 0.6 is 0 Å². The summed E-state index contributed by atoms with van der Waals surface area (Å²) in [5.74, 6) is -5.42. The van der Waals surface area contributed by atoms with Crippen molar-refractivity contribution in [2.75, 3.05) is 0 Å². The summed E-state index contributed by atoms with van der Waals surface area (Å²) in [5.41, 5.74) is 0.248. The predicted octanol–water partition coefficient (Wildman–Crippen LogP) is 2.79. The van der Waals surface area contributed by atoms with Gasteiger partial charge in [-0.25, -0.2) is 4.79 Å². The lowest BCUT2D eigenvalue weighted by atomic mass is 10.1. The molecule has 0 aliphatic rings. The lowest BCUT2D eigenvalue weighted by Gasteiger charge is -2.10. The molecule has 5 heteroatoms. The van der Waals surface area contributed by atoms with Crippen molar-refractivity contribution < 1.29 is 23.1 Å². The van der Waals surface area contributed by atoms with Crippen molar-refractivity contribution in [1.29, 1.82) is 0 Å². The Morgan fingerprint density at radius 1 is 1.67 bits per heavy atom. The maximum atomic E-state index is 12.8. The van der Waals surface area contributed by atoms with Gasteiger partial charge in [-0.2, -0.15) is 8.78 Å². The zero-order valence-electron chi connectivity index (χ0n) is 8.04. The molecule has 15 heavy (non-hydrogen) atoms. The smallest absolute Gasteiger partial charge is 0.374 e. The van der Waals surface area contributed by atoms with Crippen molar-refractivity contribution in [1.82, 2.24) is 0 Å². The summed E-state index contributed by atoms with van der Waals surface area (Å²) in [7, 11) is 0. The zero-order valence-corrected chi connectivity index (χ0v) is 8.04. The highest BCUT2D eigenvalue weighted by atomic mass is 19.3. The van der Waals surface area contributed by atoms with Gasteiger partial charge in [-0.15, -0.1) is 0 Å². The number of halogens is 2. The Balaban J connectivity index is 2.71. The molecular formula is C10H10F2O3. The van der Waals surface area contributed by atoms with Gasteiger partial charge < -0.3 is 9.52 Å². The van der Waals surface area contributed by atoms with E-state index in [1.165, 1.54) is 19.3 Å². The van der Waals surface area contributed by atoms with Gasteiger partial charge >= 0.3 is 11.9 Å². The minimum absolute atomic E-state index is 0.248. The number of furan rings is 1. The van der Waals surface area contributed by atoms with Crippen LogP contribution in [0.15, 0.2) is 28.4 Å². The fourth-order valence-corrected chi connectivity index (χ4v) is 1.09. The molecule has 0 aromatic carbocycles. The number of rotatable bonds is 4. The Hall–Kier alpha value is -1.65. The molecule has 0 saturated heterocycles. The van der Waals surface area contributed by atoms with Gasteiger partial charge in [0.25, 0.3) is 0 Å². The topological polar surface area (TPSA) is 50.4 Å². The molecule has 0 amide bonds. The van der Waals surface area contributed by atoms with Crippen LogP contribution in [0.2, 0.25) is 0 Å². The Morgan fingerprint density at radius 3 is 2.80 bits per heavy atom. The summed E-state index contributed by atoms with van der Waals surface area (Å²) >= 11 is 0. The SMILES string of the molecule is C/C(=C\c1ccco1)CC(F)(F)C(=O)O. The minimum atomic E-state index is -3.73. The number of alkyl halides is 2. The molecule has 1 aromatic heterocycles. The lowest BCUT2D eigenvalue weighted by molar-refractivity contribution is -0.164. The molecule has 0 saturated carbocycles. The van der Waals surface area contributed by atoms with Gasteiger partial charge in [-0.1, -0.05) is 5.57 Å². The monoisotopic (exact) mass is 216 g/mol. The van der Waals surface area contributed by atoms with Crippen molar-refractivity contribution in [2.45, 2.75) is 19.3 Å². The van der Waals surface area contributed by atoms with Gasteiger partial charge in [0.1, 0.15) is 5.76 Å². The molecular weight excluding hydrogens is 206 g/mol. The molecule has 0 aliphatic carbocycles. The van der Waals surface area contributed by atoms with Crippen molar-refractivity contribution in [2.24, 2.45) is 0 Å². The fourth-order valence-electron chi connectivity index (χ4n) is 1.09. The van der Waals surface area contributed by atoms with Crippen LogP contribution in [0.5, 0.6) is 0 Å². The van der Waals surface area contributed by atoms with E-state index in [0.29, 0.717) is 5.76 Å². The van der Waals surface area contributed by atoms with Crippen LogP contribution in [0.1, 0.15) is 19.1 Å². The van der Waals surface area contributed by atoms with E-state index in [0.717, 1.165) is 0 Å². The molecule has 1 heterocycles. The van der Waals surface area contributed by atoms with E-state index in [-0.39, 0.29) is 5.57 Å². The van der Waals surface area contributed by atoms with Gasteiger partial charge in [0, 0.05) is 6.42 Å². The van der Waals surface area contributed by atoms with Crippen molar-refractivity contribution in [3.8, 4) is 0 Å². The second-order valence-corrected chi connectivity index (χ2v) is 3.19. The maximum absolute atomic E-state index is 12.8. The second kappa shape index (κ2) is 4.25. The maximum Gasteiger partial charge on any atom is 0.374 e. The molecule has 1 N–H and O–H groups in total. The molecule has 3 nitrogen and oxygen atoms in total. The second-order valence-electron chi connectivity index (χ2n) is 3.19. The third-order valence-electron chi connectivity index (χ3n) is 1.75. The van der Waals surface area contributed by atoms with E-state index >= 15 is 0 Å². The van der Waals surface area contributed by atoms with Crippen molar-refractivity contribution >= 4 is 12.0 Å². The molecule has 1 aromatic rings. The van der Waals surface area contributed by atoms with Crippen LogP contribution in [-0.4, -0.2) is 17.0 Å². The van der Waals surface area contributed by atoms with E-state index in [1.807, 2.05) is 0 Å². The molecule has 0 bridgehead atoms. The number of carboxylic acid groups (broad SMARTS) is 1. The number of aliphatic carboxylic acids is 1. The molecule has 0 fully saturated rings. The summed E-state index contributed by atoms with van der Waals surface area (Å²) in [5, 5.41) is 8.22. The summed E-state index contributed by atoms with van der Waals surface area (Å²) < 4.78 is 30.4. The van der Waals surface area contributed by atoms with Crippen molar-refractivity contribution in [3.63, 3.8) is 0 Å². The number of hydrogen-bond donors (Lipinski definition) is 1. The largest absolute Gasteiger partial charge is 0.477 e. The number of carboxylic acids is 1. The number of hydrogen-bond acceptors (Lipinski definition) is 2. The molecule has 0 radical (unpaired) electrons. The van der Waals surface area contributed by atoms with E-state index in [9.17, 15) is 13.6 Å². The van der Waals surface area contributed by atoms with E-state index in [4.69, 9.17) is 9.52 Å². The standard InChI is InChI=1S/C10H10F2O3/c1-7(5-8-3-2-4-15-8)6-10(11,12)9(13)14/h2-5H,6H2,1H3,(H,13,14)/b7-5+. The highest BCUT2D eigenvalue weighted by Gasteiger charge is 2.38. The van der Waals surface area contributed by atoms with E-state index < -0.39 is 18.3 Å². The van der Waals surface area contributed by atoms with Crippen LogP contribution in [0.25, 0.3) is 6.08 Å². The normalized spacial score (nSPS) is 12.9. The first-order valence-corrected chi connectivity index (χ1v) is 4.24. The molecule has 0 spiro atoms. The molecule has 0 atom stereocenters. The van der Waals surface area contributed by atoms with Crippen LogP contribution in [0.4, 0.5) is 8.78 Å². The Bertz CT molecular complexity index is 366. The zero-order chi connectivity index (χ0) is 11.5. The number of allylic oxidation sites excluding steroid dienone is 1. The summed E-state index contributed by atoms with van der Waals surface area (Å²) in [6, 6.07) is 3.22. The predicted molar refractivity (Wildman–Crippen MR) is 49.6 cm³/mol. The third-order valence-corrected chi connectivity index (χ3v) is 1.75. The summed E-state index contributed by atoms with van der Waals surface area (Å²) in [6.45, 7) is 1.43. The van der Waals surface area contributed by atoms with E-state index in [1.54, 1.807) is 12.1 Å².